The number of nitrogens with one attached hydrogen (secondary N) is 2. The van der Waals surface area contributed by atoms with Crippen molar-refractivity contribution in [1.82, 2.24) is 24.6 Å². The SMILES string of the molecule is CCN(CC)CCn1cc(Nc2ncc(Cl)c(N[C@@H]3[C@H](C(N)=O)[C@H]4C=C[C@@H]3C4)n2)cn1. The second kappa shape index (κ2) is 9.23. The summed E-state index contributed by atoms with van der Waals surface area (Å²) in [7, 11) is 0. The van der Waals surface area contributed by atoms with Gasteiger partial charge in [0.05, 0.1) is 30.5 Å². The zero-order chi connectivity index (χ0) is 22.0. The van der Waals surface area contributed by atoms with E-state index in [1.807, 2.05) is 10.9 Å². The van der Waals surface area contributed by atoms with Crippen LogP contribution in [0.5, 0.6) is 0 Å². The summed E-state index contributed by atoms with van der Waals surface area (Å²) in [6.07, 6.45) is 10.4. The molecule has 1 amide bonds. The molecule has 0 unspecified atom stereocenters. The first-order valence-electron chi connectivity index (χ1n) is 10.8. The molecule has 1 saturated carbocycles. The van der Waals surface area contributed by atoms with Gasteiger partial charge in [0.1, 0.15) is 5.02 Å². The predicted octanol–water partition coefficient (Wildman–Crippen LogP) is 2.50. The first-order chi connectivity index (χ1) is 15.0. The molecule has 4 atom stereocenters. The van der Waals surface area contributed by atoms with Gasteiger partial charge in [0.25, 0.3) is 0 Å². The van der Waals surface area contributed by atoms with Crippen molar-refractivity contribution in [2.24, 2.45) is 23.5 Å². The molecule has 0 radical (unpaired) electrons. The molecule has 2 bridgehead atoms. The van der Waals surface area contributed by atoms with E-state index in [1.165, 1.54) is 0 Å². The number of nitrogens with two attached hydrogens (primary N) is 1. The Morgan fingerprint density at radius 2 is 2.06 bits per heavy atom. The summed E-state index contributed by atoms with van der Waals surface area (Å²) in [6.45, 7) is 8.10. The number of hydrogen-bond acceptors (Lipinski definition) is 7. The second-order valence-corrected chi connectivity index (χ2v) is 8.49. The third kappa shape index (κ3) is 4.67. The molecule has 2 aromatic rings. The number of rotatable bonds is 10. The van der Waals surface area contributed by atoms with Gasteiger partial charge in [0, 0.05) is 18.8 Å². The zero-order valence-electron chi connectivity index (χ0n) is 17.8. The Bertz CT molecular complexity index is 957. The second-order valence-electron chi connectivity index (χ2n) is 8.08. The summed E-state index contributed by atoms with van der Waals surface area (Å²) in [4.78, 5) is 23.1. The van der Waals surface area contributed by atoms with Crippen LogP contribution in [-0.2, 0) is 11.3 Å². The fourth-order valence-corrected chi connectivity index (χ4v) is 4.70. The van der Waals surface area contributed by atoms with Crippen LogP contribution in [-0.4, -0.2) is 56.2 Å². The highest BCUT2D eigenvalue weighted by Gasteiger charge is 2.47. The molecule has 0 aromatic carbocycles. The van der Waals surface area contributed by atoms with E-state index in [0.717, 1.165) is 38.3 Å². The van der Waals surface area contributed by atoms with Crippen LogP contribution < -0.4 is 16.4 Å². The van der Waals surface area contributed by atoms with Crippen LogP contribution in [0.1, 0.15) is 20.3 Å². The smallest absolute Gasteiger partial charge is 0.229 e. The summed E-state index contributed by atoms with van der Waals surface area (Å²) in [5.74, 6) is 0.764. The molecular weight excluding hydrogens is 416 g/mol. The minimum absolute atomic E-state index is 0.115. The molecule has 2 aromatic heterocycles. The largest absolute Gasteiger partial charge is 0.369 e. The van der Waals surface area contributed by atoms with E-state index in [0.29, 0.717) is 16.8 Å². The minimum Gasteiger partial charge on any atom is -0.369 e. The minimum atomic E-state index is -0.296. The molecule has 2 aliphatic carbocycles. The van der Waals surface area contributed by atoms with E-state index in [-0.39, 0.29) is 29.7 Å². The van der Waals surface area contributed by atoms with Gasteiger partial charge in [-0.05, 0) is 31.3 Å². The topological polar surface area (TPSA) is 114 Å². The number of fused-ring (bicyclic) bond motifs is 2. The lowest BCUT2D eigenvalue weighted by atomic mass is 9.88. The van der Waals surface area contributed by atoms with Crippen molar-refractivity contribution in [3.63, 3.8) is 0 Å². The highest BCUT2D eigenvalue weighted by atomic mass is 35.5. The monoisotopic (exact) mass is 444 g/mol. The summed E-state index contributed by atoms with van der Waals surface area (Å²) >= 11 is 6.34. The Labute approximate surface area is 187 Å². The molecule has 0 spiro atoms. The van der Waals surface area contributed by atoms with Gasteiger partial charge in [-0.15, -0.1) is 0 Å². The van der Waals surface area contributed by atoms with Gasteiger partial charge in [-0.3, -0.25) is 9.48 Å². The number of nitrogens with zero attached hydrogens (tertiary/aromatic N) is 5. The highest BCUT2D eigenvalue weighted by molar-refractivity contribution is 6.32. The first-order valence-corrected chi connectivity index (χ1v) is 11.1. The zero-order valence-corrected chi connectivity index (χ0v) is 18.6. The average Bonchev–Trinajstić information content (AvgIpc) is 3.48. The highest BCUT2D eigenvalue weighted by Crippen LogP contribution is 2.45. The van der Waals surface area contributed by atoms with Crippen molar-refractivity contribution in [3.05, 3.63) is 35.8 Å². The van der Waals surface area contributed by atoms with E-state index in [4.69, 9.17) is 17.3 Å². The Kier molecular flexibility index (Phi) is 6.43. The predicted molar refractivity (Wildman–Crippen MR) is 121 cm³/mol. The van der Waals surface area contributed by atoms with Crippen molar-refractivity contribution >= 4 is 35.0 Å². The molecule has 2 heterocycles. The van der Waals surface area contributed by atoms with Gasteiger partial charge in [0.2, 0.25) is 11.9 Å². The van der Waals surface area contributed by atoms with E-state index in [1.54, 1.807) is 12.4 Å². The molecule has 9 nitrogen and oxygen atoms in total. The maximum absolute atomic E-state index is 12.0. The normalized spacial score (nSPS) is 24.1. The Morgan fingerprint density at radius 1 is 1.29 bits per heavy atom. The molecule has 4 rings (SSSR count). The third-order valence-corrected chi connectivity index (χ3v) is 6.54. The van der Waals surface area contributed by atoms with Crippen molar-refractivity contribution in [2.75, 3.05) is 30.3 Å². The quantitative estimate of drug-likeness (QED) is 0.482. The number of hydrogen-bond donors (Lipinski definition) is 3. The number of anilines is 3. The van der Waals surface area contributed by atoms with Gasteiger partial charge in [-0.2, -0.15) is 10.1 Å². The number of likely N-dealkylation sites (N-methyl/N-ethyl adjacent to an activating group) is 1. The van der Waals surface area contributed by atoms with E-state index >= 15 is 0 Å². The summed E-state index contributed by atoms with van der Waals surface area (Å²) < 4.78 is 1.90. The fraction of sp³-hybridized carbons (Fsp3) is 0.524. The average molecular weight is 445 g/mol. The lowest BCUT2D eigenvalue weighted by Gasteiger charge is -2.27. The van der Waals surface area contributed by atoms with Crippen LogP contribution in [0.15, 0.2) is 30.7 Å². The van der Waals surface area contributed by atoms with Gasteiger partial charge in [-0.1, -0.05) is 37.6 Å². The molecule has 31 heavy (non-hydrogen) atoms. The lowest BCUT2D eigenvalue weighted by molar-refractivity contribution is -0.122. The number of halogens is 1. The Morgan fingerprint density at radius 3 is 2.81 bits per heavy atom. The number of amides is 1. The van der Waals surface area contributed by atoms with Crippen LogP contribution in [0.25, 0.3) is 0 Å². The van der Waals surface area contributed by atoms with Crippen molar-refractivity contribution in [3.8, 4) is 0 Å². The molecular formula is C21H29ClN8O. The lowest BCUT2D eigenvalue weighted by Crippen LogP contribution is -2.41. The fourth-order valence-electron chi connectivity index (χ4n) is 4.56. The summed E-state index contributed by atoms with van der Waals surface area (Å²) in [6, 6.07) is -0.115. The maximum atomic E-state index is 12.0. The first kappa shape index (κ1) is 21.6. The van der Waals surface area contributed by atoms with Crippen LogP contribution >= 0.6 is 11.6 Å². The van der Waals surface area contributed by atoms with Gasteiger partial charge >= 0.3 is 0 Å². The van der Waals surface area contributed by atoms with Gasteiger partial charge < -0.3 is 21.3 Å². The summed E-state index contributed by atoms with van der Waals surface area (Å²) in [5.41, 5.74) is 6.46. The molecule has 0 saturated heterocycles. The Hall–Kier alpha value is -2.65. The molecule has 10 heteroatoms. The standard InChI is InChI=1S/C21H29ClN8O/c1-3-29(4-2)7-8-30-12-15(10-25-30)26-21-24-11-16(22)20(28-21)27-18-14-6-5-13(9-14)17(18)19(23)31/h5-6,10-14,17-18H,3-4,7-9H2,1-2H3,(H2,23,31)(H2,24,26,27,28)/t13-,14+,17+,18-/m0/s1. The van der Waals surface area contributed by atoms with Crippen LogP contribution in [0, 0.1) is 17.8 Å². The molecule has 0 aliphatic heterocycles. The van der Waals surface area contributed by atoms with E-state index in [2.05, 4.69) is 56.6 Å². The van der Waals surface area contributed by atoms with E-state index < -0.39 is 0 Å². The van der Waals surface area contributed by atoms with E-state index in [9.17, 15) is 4.79 Å². The molecule has 4 N–H and O–H groups in total. The van der Waals surface area contributed by atoms with Crippen LogP contribution in [0.2, 0.25) is 5.02 Å². The Balaban J connectivity index is 1.43. The summed E-state index contributed by atoms with van der Waals surface area (Å²) in [5, 5.41) is 11.3. The number of allylic oxidation sites excluding steroid dienone is 1. The number of aromatic nitrogens is 4. The van der Waals surface area contributed by atoms with Crippen molar-refractivity contribution in [2.45, 2.75) is 32.9 Å². The molecule has 2 aliphatic rings. The number of carbonyl (C=O) groups excluding carboxylic acids is 1. The molecule has 166 valence electrons. The van der Waals surface area contributed by atoms with Crippen LogP contribution in [0.3, 0.4) is 0 Å². The number of carbonyl (C=O) groups is 1. The van der Waals surface area contributed by atoms with Crippen molar-refractivity contribution in [1.29, 1.82) is 0 Å². The van der Waals surface area contributed by atoms with Crippen LogP contribution in [0.4, 0.5) is 17.5 Å². The van der Waals surface area contributed by atoms with Crippen molar-refractivity contribution < 1.29 is 4.79 Å². The number of primary amides is 1. The van der Waals surface area contributed by atoms with Gasteiger partial charge in [-0.25, -0.2) is 4.98 Å². The maximum Gasteiger partial charge on any atom is 0.229 e. The third-order valence-electron chi connectivity index (χ3n) is 6.26. The molecule has 1 fully saturated rings. The van der Waals surface area contributed by atoms with Gasteiger partial charge in [0.15, 0.2) is 5.82 Å².